The SMILES string of the molecule is N[C@@H]1COCC12CCN(c1ncc(Sc3cccc(Cl)c3Cl)c3nncn13)CC2. The molecule has 10 heteroatoms. The maximum Gasteiger partial charge on any atom is 0.212 e. The van der Waals surface area contributed by atoms with Gasteiger partial charge in [-0.15, -0.1) is 10.2 Å². The van der Waals surface area contributed by atoms with Crippen LogP contribution in [0.2, 0.25) is 10.0 Å². The molecular formula is C19H20Cl2N6OS. The average molecular weight is 451 g/mol. The van der Waals surface area contributed by atoms with Crippen LogP contribution in [0.4, 0.5) is 5.95 Å². The molecule has 1 spiro atoms. The molecule has 2 aromatic heterocycles. The Morgan fingerprint density at radius 2 is 2.03 bits per heavy atom. The van der Waals surface area contributed by atoms with Crippen LogP contribution in [-0.4, -0.2) is 51.9 Å². The molecular weight excluding hydrogens is 431 g/mol. The summed E-state index contributed by atoms with van der Waals surface area (Å²) in [5.74, 6) is 0.842. The molecule has 2 fully saturated rings. The fourth-order valence-electron chi connectivity index (χ4n) is 4.11. The number of aromatic nitrogens is 4. The quantitative estimate of drug-likeness (QED) is 0.653. The maximum absolute atomic E-state index is 6.35. The van der Waals surface area contributed by atoms with E-state index in [9.17, 15) is 0 Å². The number of hydrogen-bond donors (Lipinski definition) is 1. The molecule has 1 aromatic carbocycles. The van der Waals surface area contributed by atoms with Crippen molar-refractivity contribution in [2.45, 2.75) is 28.7 Å². The molecule has 152 valence electrons. The van der Waals surface area contributed by atoms with E-state index in [1.54, 1.807) is 12.4 Å². The van der Waals surface area contributed by atoms with Gasteiger partial charge in [-0.1, -0.05) is 41.0 Å². The van der Waals surface area contributed by atoms with Gasteiger partial charge in [0.2, 0.25) is 5.95 Å². The number of fused-ring (bicyclic) bond motifs is 1. The molecule has 2 N–H and O–H groups in total. The number of hydrogen-bond acceptors (Lipinski definition) is 7. The van der Waals surface area contributed by atoms with E-state index >= 15 is 0 Å². The van der Waals surface area contributed by atoms with E-state index in [1.165, 1.54) is 11.8 Å². The normalized spacial score (nSPS) is 21.3. The van der Waals surface area contributed by atoms with Crippen LogP contribution in [0.25, 0.3) is 5.65 Å². The third-order valence-corrected chi connectivity index (χ3v) is 7.93. The molecule has 0 amide bonds. The van der Waals surface area contributed by atoms with Crippen molar-refractivity contribution in [1.82, 2.24) is 19.6 Å². The van der Waals surface area contributed by atoms with E-state index in [1.807, 2.05) is 22.7 Å². The number of nitrogens with two attached hydrogens (primary N) is 1. The predicted molar refractivity (Wildman–Crippen MR) is 114 cm³/mol. The summed E-state index contributed by atoms with van der Waals surface area (Å²) >= 11 is 14.0. The fraction of sp³-hybridized carbons (Fsp3) is 0.421. The van der Waals surface area contributed by atoms with Crippen LogP contribution in [0.5, 0.6) is 0 Å². The van der Waals surface area contributed by atoms with Crippen LogP contribution in [0.1, 0.15) is 12.8 Å². The third-order valence-electron chi connectivity index (χ3n) is 5.93. The van der Waals surface area contributed by atoms with E-state index in [2.05, 4.69) is 15.1 Å². The molecule has 4 heterocycles. The molecule has 0 saturated carbocycles. The lowest BCUT2D eigenvalue weighted by Crippen LogP contribution is -2.49. The minimum Gasteiger partial charge on any atom is -0.379 e. The molecule has 0 aliphatic carbocycles. The summed E-state index contributed by atoms with van der Waals surface area (Å²) < 4.78 is 7.57. The molecule has 2 aliphatic rings. The first-order chi connectivity index (χ1) is 14.1. The zero-order chi connectivity index (χ0) is 20.0. The van der Waals surface area contributed by atoms with E-state index in [4.69, 9.17) is 38.7 Å². The second-order valence-electron chi connectivity index (χ2n) is 7.57. The Bertz CT molecular complexity index is 1050. The van der Waals surface area contributed by atoms with Gasteiger partial charge < -0.3 is 15.4 Å². The van der Waals surface area contributed by atoms with Crippen molar-refractivity contribution in [3.05, 3.63) is 40.8 Å². The van der Waals surface area contributed by atoms with Crippen molar-refractivity contribution in [3.8, 4) is 0 Å². The van der Waals surface area contributed by atoms with Gasteiger partial charge in [0, 0.05) is 35.6 Å². The van der Waals surface area contributed by atoms with Gasteiger partial charge in [-0.3, -0.25) is 0 Å². The predicted octanol–water partition coefficient (Wildman–Crippen LogP) is 3.53. The summed E-state index contributed by atoms with van der Waals surface area (Å²) in [4.78, 5) is 8.73. The number of ether oxygens (including phenoxy) is 1. The van der Waals surface area contributed by atoms with Crippen LogP contribution in [0.15, 0.2) is 40.5 Å². The Kier molecular flexibility index (Phi) is 5.08. The molecule has 5 rings (SSSR count). The molecule has 0 radical (unpaired) electrons. The Balaban J connectivity index is 1.42. The smallest absolute Gasteiger partial charge is 0.212 e. The van der Waals surface area contributed by atoms with Gasteiger partial charge in [0.25, 0.3) is 0 Å². The van der Waals surface area contributed by atoms with Crippen molar-refractivity contribution in [3.63, 3.8) is 0 Å². The zero-order valence-electron chi connectivity index (χ0n) is 15.6. The first kappa shape index (κ1) is 19.4. The van der Waals surface area contributed by atoms with Gasteiger partial charge in [0.15, 0.2) is 5.65 Å². The molecule has 0 bridgehead atoms. The number of nitrogens with zero attached hydrogens (tertiary/aromatic N) is 5. The minimum absolute atomic E-state index is 0.0991. The van der Waals surface area contributed by atoms with Crippen LogP contribution < -0.4 is 10.6 Å². The maximum atomic E-state index is 6.35. The van der Waals surface area contributed by atoms with E-state index in [-0.39, 0.29) is 11.5 Å². The highest BCUT2D eigenvalue weighted by Gasteiger charge is 2.44. The van der Waals surface area contributed by atoms with E-state index in [0.717, 1.165) is 53.9 Å². The Morgan fingerprint density at radius 1 is 1.21 bits per heavy atom. The van der Waals surface area contributed by atoms with Crippen molar-refractivity contribution < 1.29 is 4.74 Å². The first-order valence-electron chi connectivity index (χ1n) is 9.46. The number of benzene rings is 1. The second kappa shape index (κ2) is 7.59. The monoisotopic (exact) mass is 450 g/mol. The Labute approximate surface area is 182 Å². The average Bonchev–Trinajstić information content (AvgIpc) is 3.35. The van der Waals surface area contributed by atoms with Gasteiger partial charge >= 0.3 is 0 Å². The van der Waals surface area contributed by atoms with Gasteiger partial charge in [-0.2, -0.15) is 0 Å². The van der Waals surface area contributed by atoms with Gasteiger partial charge in [-0.25, -0.2) is 9.38 Å². The summed E-state index contributed by atoms with van der Waals surface area (Å²) in [6.45, 7) is 3.17. The molecule has 2 aliphatic heterocycles. The summed E-state index contributed by atoms with van der Waals surface area (Å²) in [7, 11) is 0. The number of rotatable bonds is 3. The number of piperidine rings is 1. The van der Waals surface area contributed by atoms with Crippen LogP contribution in [0.3, 0.4) is 0 Å². The molecule has 1 atom stereocenters. The van der Waals surface area contributed by atoms with E-state index < -0.39 is 0 Å². The third kappa shape index (κ3) is 3.37. The summed E-state index contributed by atoms with van der Waals surface area (Å²) in [6, 6.07) is 5.69. The highest BCUT2D eigenvalue weighted by molar-refractivity contribution is 7.99. The van der Waals surface area contributed by atoms with Crippen LogP contribution in [-0.2, 0) is 4.74 Å². The number of anilines is 1. The fourth-order valence-corrected chi connectivity index (χ4v) is 5.50. The zero-order valence-corrected chi connectivity index (χ0v) is 17.9. The van der Waals surface area contributed by atoms with Crippen molar-refractivity contribution in [2.75, 3.05) is 31.2 Å². The topological polar surface area (TPSA) is 81.6 Å². The first-order valence-corrected chi connectivity index (χ1v) is 11.0. The summed E-state index contributed by atoms with van der Waals surface area (Å²) in [5.41, 5.74) is 7.16. The van der Waals surface area contributed by atoms with Crippen molar-refractivity contribution in [1.29, 1.82) is 0 Å². The van der Waals surface area contributed by atoms with E-state index in [0.29, 0.717) is 16.7 Å². The highest BCUT2D eigenvalue weighted by Crippen LogP contribution is 2.41. The molecule has 0 unspecified atom stereocenters. The summed E-state index contributed by atoms with van der Waals surface area (Å²) in [5, 5.41) is 9.48. The molecule has 29 heavy (non-hydrogen) atoms. The highest BCUT2D eigenvalue weighted by atomic mass is 35.5. The van der Waals surface area contributed by atoms with Gasteiger partial charge in [-0.05, 0) is 25.0 Å². The second-order valence-corrected chi connectivity index (χ2v) is 9.44. The van der Waals surface area contributed by atoms with Crippen molar-refractivity contribution in [2.24, 2.45) is 11.1 Å². The summed E-state index contributed by atoms with van der Waals surface area (Å²) in [6.07, 6.45) is 5.52. The van der Waals surface area contributed by atoms with Crippen LogP contribution in [0, 0.1) is 5.41 Å². The van der Waals surface area contributed by atoms with Crippen molar-refractivity contribution >= 4 is 46.6 Å². The molecule has 3 aromatic rings. The minimum atomic E-state index is 0.0991. The Hall–Kier alpha value is -1.58. The molecule has 2 saturated heterocycles. The van der Waals surface area contributed by atoms with Crippen LogP contribution >= 0.6 is 35.0 Å². The lowest BCUT2D eigenvalue weighted by Gasteiger charge is -2.41. The van der Waals surface area contributed by atoms with Gasteiger partial charge in [0.05, 0.1) is 28.2 Å². The standard InChI is InChI=1S/C19H20Cl2N6OS/c20-12-2-1-3-13(16(12)21)29-14-8-23-18(27-11-24-25-17(14)27)26-6-4-19(5-7-26)10-28-9-15(19)22/h1-3,8,11,15H,4-7,9-10,22H2/t15-/m1/s1. The van der Waals surface area contributed by atoms with Gasteiger partial charge in [0.1, 0.15) is 6.33 Å². The number of halogens is 2. The largest absolute Gasteiger partial charge is 0.379 e. The Morgan fingerprint density at radius 3 is 2.79 bits per heavy atom. The molecule has 7 nitrogen and oxygen atoms in total. The lowest BCUT2D eigenvalue weighted by atomic mass is 9.75. The lowest BCUT2D eigenvalue weighted by molar-refractivity contribution is 0.131.